The molecule has 0 radical (unpaired) electrons. The first-order valence-corrected chi connectivity index (χ1v) is 19.7. The van der Waals surface area contributed by atoms with E-state index in [1.165, 1.54) is 0 Å². The van der Waals surface area contributed by atoms with Crippen LogP contribution in [0.3, 0.4) is 0 Å². The number of nitrogens with one attached hydrogen (secondary N) is 2. The van der Waals surface area contributed by atoms with Crippen LogP contribution in [0.1, 0.15) is 86.3 Å². The van der Waals surface area contributed by atoms with Gasteiger partial charge in [-0.3, -0.25) is 24.5 Å². The van der Waals surface area contributed by atoms with E-state index >= 15 is 0 Å². The standard InChI is InChI=1S/C40H47ClN10O4/c1-48(37-15-14-34(46-47-37)39(53)44-28-9-12-30(13-10-28)55-31-11-8-27(25-42)33(41)24-31)19-3-2-4-20-49-21-16-29(17-22-49)51-36-7-5-6-35(32(36)26-43-51)50-23-18-38(52)45-40(50)54/h5-8,11,14-15,24,26,28-30H,2-4,9-10,12-13,16-23H2,1H3,(H,44,53)(H,45,52,54). The van der Waals surface area contributed by atoms with Crippen LogP contribution in [0.15, 0.2) is 54.7 Å². The summed E-state index contributed by atoms with van der Waals surface area (Å²) in [6.45, 7) is 4.32. The molecule has 3 aliphatic rings. The molecule has 2 aliphatic heterocycles. The number of carbonyl (C=O) groups excluding carboxylic acids is 3. The molecule has 55 heavy (non-hydrogen) atoms. The summed E-state index contributed by atoms with van der Waals surface area (Å²) in [5, 5.41) is 29.2. The summed E-state index contributed by atoms with van der Waals surface area (Å²) >= 11 is 6.14. The maximum atomic E-state index is 12.9. The van der Waals surface area contributed by atoms with E-state index in [2.05, 4.69) is 47.4 Å². The van der Waals surface area contributed by atoms with Gasteiger partial charge in [-0.05, 0) is 94.3 Å². The third kappa shape index (κ3) is 9.17. The number of fused-ring (bicyclic) bond motifs is 1. The molecule has 15 heteroatoms. The second-order valence-electron chi connectivity index (χ2n) is 14.7. The smallest absolute Gasteiger partial charge is 0.328 e. The highest BCUT2D eigenvalue weighted by Crippen LogP contribution is 2.32. The van der Waals surface area contributed by atoms with Crippen molar-refractivity contribution >= 4 is 51.9 Å². The highest BCUT2D eigenvalue weighted by atomic mass is 35.5. The van der Waals surface area contributed by atoms with Crippen molar-refractivity contribution in [3.05, 3.63) is 71.0 Å². The lowest BCUT2D eigenvalue weighted by atomic mass is 9.93. The summed E-state index contributed by atoms with van der Waals surface area (Å²) in [7, 11) is 2.01. The number of hydrogen-bond donors (Lipinski definition) is 2. The van der Waals surface area contributed by atoms with Gasteiger partial charge in [0.25, 0.3) is 5.91 Å². The first-order valence-electron chi connectivity index (χ1n) is 19.3. The first-order chi connectivity index (χ1) is 26.7. The zero-order valence-corrected chi connectivity index (χ0v) is 31.9. The lowest BCUT2D eigenvalue weighted by molar-refractivity contribution is -0.120. The third-order valence-corrected chi connectivity index (χ3v) is 11.3. The Bertz CT molecular complexity index is 2030. The normalized spacial score (nSPS) is 19.5. The van der Waals surface area contributed by atoms with E-state index in [0.29, 0.717) is 34.6 Å². The predicted octanol–water partition coefficient (Wildman–Crippen LogP) is 5.86. The number of imide groups is 1. The highest BCUT2D eigenvalue weighted by Gasteiger charge is 2.28. The second-order valence-corrected chi connectivity index (χ2v) is 15.1. The topological polar surface area (TPSA) is 162 Å². The van der Waals surface area contributed by atoms with Gasteiger partial charge in [0, 0.05) is 57.1 Å². The zero-order chi connectivity index (χ0) is 38.3. The second kappa shape index (κ2) is 17.5. The van der Waals surface area contributed by atoms with Gasteiger partial charge in [-0.1, -0.05) is 24.1 Å². The van der Waals surface area contributed by atoms with E-state index < -0.39 is 0 Å². The molecule has 288 valence electrons. The summed E-state index contributed by atoms with van der Waals surface area (Å²) in [5.74, 6) is 0.933. The molecule has 3 fully saturated rings. The fourth-order valence-corrected chi connectivity index (χ4v) is 8.04. The van der Waals surface area contributed by atoms with Crippen molar-refractivity contribution < 1.29 is 19.1 Å². The van der Waals surface area contributed by atoms with Gasteiger partial charge in [-0.15, -0.1) is 10.2 Å². The van der Waals surface area contributed by atoms with Crippen molar-refractivity contribution in [3.8, 4) is 11.8 Å². The van der Waals surface area contributed by atoms with Crippen LogP contribution in [0, 0.1) is 11.3 Å². The molecule has 2 saturated heterocycles. The van der Waals surface area contributed by atoms with Gasteiger partial charge in [-0.25, -0.2) is 4.79 Å². The van der Waals surface area contributed by atoms with Crippen LogP contribution < -0.4 is 25.2 Å². The average Bonchev–Trinajstić information content (AvgIpc) is 3.64. The minimum atomic E-state index is -0.382. The van der Waals surface area contributed by atoms with E-state index in [0.717, 1.165) is 106 Å². The van der Waals surface area contributed by atoms with Gasteiger partial charge in [0.05, 0.1) is 40.1 Å². The van der Waals surface area contributed by atoms with Gasteiger partial charge in [-0.2, -0.15) is 10.4 Å². The molecule has 7 rings (SSSR count). The lowest BCUT2D eigenvalue weighted by Gasteiger charge is -2.32. The minimum Gasteiger partial charge on any atom is -0.490 e. The molecule has 0 unspecified atom stereocenters. The Kier molecular flexibility index (Phi) is 12.1. The Morgan fingerprint density at radius 1 is 1.02 bits per heavy atom. The maximum absolute atomic E-state index is 12.9. The fraction of sp³-hybridized carbons (Fsp3) is 0.475. The average molecular weight is 767 g/mol. The lowest BCUT2D eigenvalue weighted by Crippen LogP contribution is -2.49. The van der Waals surface area contributed by atoms with E-state index in [1.54, 1.807) is 29.2 Å². The molecular weight excluding hydrogens is 720 g/mol. The molecule has 4 aromatic rings. The monoisotopic (exact) mass is 766 g/mol. The summed E-state index contributed by atoms with van der Waals surface area (Å²) in [5.41, 5.74) is 2.53. The number of likely N-dealkylation sites (tertiary alicyclic amines) is 1. The molecule has 1 saturated carbocycles. The van der Waals surface area contributed by atoms with Crippen LogP contribution in [-0.2, 0) is 4.79 Å². The fourth-order valence-electron chi connectivity index (χ4n) is 7.83. The number of unbranched alkanes of at least 4 members (excludes halogenated alkanes) is 2. The maximum Gasteiger partial charge on any atom is 0.328 e. The Morgan fingerprint density at radius 2 is 1.84 bits per heavy atom. The number of ether oxygens (including phenoxy) is 1. The van der Waals surface area contributed by atoms with Crippen LogP contribution >= 0.6 is 11.6 Å². The minimum absolute atomic E-state index is 0.0319. The van der Waals surface area contributed by atoms with Crippen LogP contribution in [0.4, 0.5) is 16.3 Å². The number of benzene rings is 2. The molecule has 1 aliphatic carbocycles. The predicted molar refractivity (Wildman–Crippen MR) is 209 cm³/mol. The number of hydrogen-bond acceptors (Lipinski definition) is 10. The van der Waals surface area contributed by atoms with Gasteiger partial charge in [0.15, 0.2) is 11.5 Å². The highest BCUT2D eigenvalue weighted by molar-refractivity contribution is 6.31. The number of amides is 4. The van der Waals surface area contributed by atoms with Gasteiger partial charge >= 0.3 is 6.03 Å². The van der Waals surface area contributed by atoms with Crippen molar-refractivity contribution in [1.82, 2.24) is 35.5 Å². The van der Waals surface area contributed by atoms with Crippen molar-refractivity contribution in [2.24, 2.45) is 0 Å². The quantitative estimate of drug-likeness (QED) is 0.158. The van der Waals surface area contributed by atoms with Crippen LogP contribution in [-0.4, -0.2) is 94.6 Å². The number of carbonyl (C=O) groups is 3. The first kappa shape index (κ1) is 38.0. The summed E-state index contributed by atoms with van der Waals surface area (Å²) < 4.78 is 8.18. The van der Waals surface area contributed by atoms with E-state index in [1.807, 2.05) is 31.4 Å². The summed E-state index contributed by atoms with van der Waals surface area (Å²) in [6.07, 6.45) is 10.7. The molecule has 4 heterocycles. The number of piperidine rings is 1. The summed E-state index contributed by atoms with van der Waals surface area (Å²) in [4.78, 5) is 43.3. The van der Waals surface area contributed by atoms with Crippen molar-refractivity contribution in [1.29, 1.82) is 5.26 Å². The molecular formula is C40H47ClN10O4. The number of urea groups is 1. The van der Waals surface area contributed by atoms with E-state index in [-0.39, 0.29) is 36.4 Å². The number of anilines is 2. The van der Waals surface area contributed by atoms with Crippen molar-refractivity contribution in [3.63, 3.8) is 0 Å². The number of halogens is 1. The SMILES string of the molecule is CN(CCCCCN1CCC(n2ncc3c(N4CCC(=O)NC4=O)cccc32)CC1)c1ccc(C(=O)NC2CCC(Oc3ccc(C#N)c(Cl)c3)CC2)nn1. The molecule has 14 nitrogen and oxygen atoms in total. The molecule has 0 bridgehead atoms. The van der Waals surface area contributed by atoms with Gasteiger partial charge in [0.2, 0.25) is 5.91 Å². The number of nitrogens with zero attached hydrogens (tertiary/aromatic N) is 8. The number of aromatic nitrogens is 4. The Balaban J connectivity index is 0.783. The molecule has 2 aromatic heterocycles. The van der Waals surface area contributed by atoms with Crippen molar-refractivity contribution in [2.45, 2.75) is 82.4 Å². The molecule has 4 amide bonds. The van der Waals surface area contributed by atoms with Crippen LogP contribution in [0.25, 0.3) is 10.9 Å². The van der Waals surface area contributed by atoms with E-state index in [4.69, 9.17) is 26.7 Å². The van der Waals surface area contributed by atoms with E-state index in [9.17, 15) is 14.4 Å². The zero-order valence-electron chi connectivity index (χ0n) is 31.1. The Hall–Kier alpha value is -5.26. The number of rotatable bonds is 13. The van der Waals surface area contributed by atoms with Gasteiger partial charge < -0.3 is 19.9 Å². The Morgan fingerprint density at radius 3 is 2.56 bits per heavy atom. The molecule has 2 aromatic carbocycles. The molecule has 0 spiro atoms. The molecule has 0 atom stereocenters. The largest absolute Gasteiger partial charge is 0.490 e. The third-order valence-electron chi connectivity index (χ3n) is 11.0. The Labute approximate surface area is 325 Å². The number of nitriles is 1. The van der Waals surface area contributed by atoms with Crippen LogP contribution in [0.2, 0.25) is 5.02 Å². The summed E-state index contributed by atoms with van der Waals surface area (Å²) in [6, 6.07) is 16.6. The van der Waals surface area contributed by atoms with Crippen molar-refractivity contribution in [2.75, 3.05) is 49.6 Å². The van der Waals surface area contributed by atoms with Gasteiger partial charge in [0.1, 0.15) is 11.8 Å². The molecule has 2 N–H and O–H groups in total. The van der Waals surface area contributed by atoms with Crippen LogP contribution in [0.5, 0.6) is 5.75 Å².